The number of carboxylic acid groups (broad SMARTS) is 1. The first kappa shape index (κ1) is 36.3. The fourth-order valence-electron chi connectivity index (χ4n) is 6.27. The van der Waals surface area contributed by atoms with Gasteiger partial charge in [-0.1, -0.05) is 12.1 Å². The van der Waals surface area contributed by atoms with E-state index in [1.807, 2.05) is 0 Å². The maximum Gasteiger partial charge on any atom is 0.472 e. The summed E-state index contributed by atoms with van der Waals surface area (Å²) < 4.78 is 93.3. The summed E-state index contributed by atoms with van der Waals surface area (Å²) in [6, 6.07) is -0.273. The Morgan fingerprint density at radius 2 is 1.92 bits per heavy atom. The first-order chi connectivity index (χ1) is 22.9. The molecule has 2 saturated heterocycles. The summed E-state index contributed by atoms with van der Waals surface area (Å²) in [7, 11) is 0. The van der Waals surface area contributed by atoms with Crippen LogP contribution in [-0.2, 0) is 19.1 Å². The second kappa shape index (κ2) is 13.4. The number of rotatable bonds is 10. The SMILES string of the molecule is CCOC(=O)C1=C(CN2CC(F)(F)[C@H]3[C@@H]2CN(C(=O)C(F)(F)F)N3CCC(C)(C)C(=O)O)NC(c2nccs2)=N[C@H]1c1cccc(F)c1C. The minimum absolute atomic E-state index is 0.0305. The van der Waals surface area contributed by atoms with Gasteiger partial charge in [0.25, 0.3) is 5.92 Å². The van der Waals surface area contributed by atoms with Gasteiger partial charge in [-0.15, -0.1) is 11.3 Å². The molecule has 3 aliphatic rings. The Labute approximate surface area is 281 Å². The topological polar surface area (TPSA) is 128 Å². The van der Waals surface area contributed by atoms with Gasteiger partial charge in [0, 0.05) is 30.4 Å². The Morgan fingerprint density at radius 3 is 2.53 bits per heavy atom. The number of benzene rings is 1. The van der Waals surface area contributed by atoms with Gasteiger partial charge in [-0.25, -0.2) is 28.0 Å². The number of aliphatic imine (C=N–C) groups is 1. The van der Waals surface area contributed by atoms with Crippen molar-refractivity contribution < 1.29 is 50.6 Å². The number of carbonyl (C=O) groups is 3. The molecule has 3 atom stereocenters. The molecule has 1 aromatic heterocycles. The molecule has 49 heavy (non-hydrogen) atoms. The summed E-state index contributed by atoms with van der Waals surface area (Å²) in [5.41, 5.74) is -1.13. The highest BCUT2D eigenvalue weighted by Crippen LogP contribution is 2.44. The molecule has 3 aliphatic heterocycles. The number of nitrogens with one attached hydrogen (secondary N) is 1. The number of hydrazine groups is 1. The van der Waals surface area contributed by atoms with E-state index in [2.05, 4.69) is 15.3 Å². The molecule has 18 heteroatoms. The van der Waals surface area contributed by atoms with Crippen molar-refractivity contribution in [1.29, 1.82) is 0 Å². The van der Waals surface area contributed by atoms with Crippen LogP contribution >= 0.6 is 11.3 Å². The molecular weight excluding hydrogens is 682 g/mol. The van der Waals surface area contributed by atoms with Gasteiger partial charge >= 0.3 is 24.0 Å². The van der Waals surface area contributed by atoms with E-state index in [1.165, 1.54) is 55.3 Å². The van der Waals surface area contributed by atoms with Crippen LogP contribution in [0.1, 0.15) is 49.4 Å². The predicted molar refractivity (Wildman–Crippen MR) is 164 cm³/mol. The van der Waals surface area contributed by atoms with E-state index in [-0.39, 0.29) is 46.3 Å². The van der Waals surface area contributed by atoms with Crippen molar-refractivity contribution in [1.82, 2.24) is 25.2 Å². The molecule has 11 nitrogen and oxygen atoms in total. The number of alkyl halides is 5. The number of halogens is 6. The first-order valence-electron chi connectivity index (χ1n) is 15.3. The lowest BCUT2D eigenvalue weighted by atomic mass is 9.89. The van der Waals surface area contributed by atoms with Crippen LogP contribution in [0.3, 0.4) is 0 Å². The monoisotopic (exact) mass is 716 g/mol. The fourth-order valence-corrected chi connectivity index (χ4v) is 6.86. The standard InChI is InChI=1S/C31H34F6N6O5S/c1-5-48-26(44)21-19(39-24(25-38-10-12-49-25)40-22(21)17-7-6-8-18(32)16(17)2)13-41-15-30(33,34)23-20(41)14-43(27(45)31(35,36)37)42(23)11-9-29(3,4)28(46)47/h6-8,10,12,20,22-23H,5,9,11,13-15H2,1-4H3,(H,39,40)(H,46,47)/t20-,22-,23+/m0/s1. The lowest BCUT2D eigenvalue weighted by molar-refractivity contribution is -0.204. The number of thiazole rings is 1. The van der Waals surface area contributed by atoms with Gasteiger partial charge in [0.15, 0.2) is 10.8 Å². The summed E-state index contributed by atoms with van der Waals surface area (Å²) >= 11 is 1.18. The third-order valence-electron chi connectivity index (χ3n) is 8.91. The van der Waals surface area contributed by atoms with E-state index >= 15 is 8.78 Å². The molecule has 0 unspecified atom stereocenters. The number of carbonyl (C=O) groups excluding carboxylic acids is 2. The maximum absolute atomic E-state index is 16.0. The largest absolute Gasteiger partial charge is 0.481 e. The number of fused-ring (bicyclic) bond motifs is 1. The van der Waals surface area contributed by atoms with Gasteiger partial charge < -0.3 is 15.2 Å². The molecule has 0 saturated carbocycles. The molecule has 1 amide bonds. The third-order valence-corrected chi connectivity index (χ3v) is 9.69. The molecular formula is C31H34F6N6O5S. The van der Waals surface area contributed by atoms with Gasteiger partial charge in [0.1, 0.15) is 17.9 Å². The average molecular weight is 717 g/mol. The van der Waals surface area contributed by atoms with E-state index in [9.17, 15) is 37.1 Å². The van der Waals surface area contributed by atoms with Crippen molar-refractivity contribution in [2.45, 2.75) is 64.3 Å². The van der Waals surface area contributed by atoms with Crippen LogP contribution < -0.4 is 5.32 Å². The van der Waals surface area contributed by atoms with Crippen LogP contribution in [0.25, 0.3) is 0 Å². The van der Waals surface area contributed by atoms with Crippen molar-refractivity contribution in [3.05, 3.63) is 63.0 Å². The molecule has 2 N–H and O–H groups in total. The molecule has 4 heterocycles. The minimum Gasteiger partial charge on any atom is -0.481 e. The molecule has 2 aromatic rings. The van der Waals surface area contributed by atoms with Gasteiger partial charge in [-0.05, 0) is 51.3 Å². The number of hydrogen-bond acceptors (Lipinski definition) is 10. The van der Waals surface area contributed by atoms with Crippen molar-refractivity contribution in [2.24, 2.45) is 10.4 Å². The molecule has 0 bridgehead atoms. The summed E-state index contributed by atoms with van der Waals surface area (Å²) in [5, 5.41) is 15.4. The third kappa shape index (κ3) is 7.03. The van der Waals surface area contributed by atoms with Crippen LogP contribution in [0.15, 0.2) is 46.0 Å². The zero-order valence-electron chi connectivity index (χ0n) is 26.9. The van der Waals surface area contributed by atoms with Crippen LogP contribution in [-0.4, -0.2) is 106 Å². The molecule has 2 fully saturated rings. The lowest BCUT2D eigenvalue weighted by Crippen LogP contribution is -2.55. The smallest absolute Gasteiger partial charge is 0.472 e. The van der Waals surface area contributed by atoms with Crippen molar-refractivity contribution in [2.75, 3.05) is 32.8 Å². The van der Waals surface area contributed by atoms with Gasteiger partial charge in [0.05, 0.1) is 36.7 Å². The van der Waals surface area contributed by atoms with E-state index in [4.69, 9.17) is 4.74 Å². The number of ether oxygens (including phenoxy) is 1. The summed E-state index contributed by atoms with van der Waals surface area (Å²) in [6.45, 7) is 2.78. The second-order valence-corrected chi connectivity index (χ2v) is 13.5. The summed E-state index contributed by atoms with van der Waals surface area (Å²) in [4.78, 5) is 47.9. The first-order valence-corrected chi connectivity index (χ1v) is 16.2. The highest BCUT2D eigenvalue weighted by atomic mass is 32.1. The van der Waals surface area contributed by atoms with Gasteiger partial charge in [-0.3, -0.25) is 24.5 Å². The number of hydrogen-bond donors (Lipinski definition) is 2. The predicted octanol–water partition coefficient (Wildman–Crippen LogP) is 4.31. The fraction of sp³-hybridized carbons (Fsp3) is 0.516. The van der Waals surface area contributed by atoms with Crippen LogP contribution in [0.5, 0.6) is 0 Å². The van der Waals surface area contributed by atoms with E-state index in [1.54, 1.807) is 18.4 Å². The quantitative estimate of drug-likeness (QED) is 0.273. The van der Waals surface area contributed by atoms with Crippen LogP contribution in [0, 0.1) is 18.2 Å². The lowest BCUT2D eigenvalue weighted by Gasteiger charge is -2.35. The Hall–Kier alpha value is -4.03. The molecule has 0 aliphatic carbocycles. The van der Waals surface area contributed by atoms with Crippen LogP contribution in [0.4, 0.5) is 26.3 Å². The number of aromatic nitrogens is 1. The number of esters is 1. The molecule has 0 radical (unpaired) electrons. The zero-order chi connectivity index (χ0) is 36.1. The number of likely N-dealkylation sites (tertiary alicyclic amines) is 1. The van der Waals surface area contributed by atoms with Gasteiger partial charge in [0.2, 0.25) is 0 Å². The normalized spacial score (nSPS) is 22.9. The summed E-state index contributed by atoms with van der Waals surface area (Å²) in [5.74, 6) is -8.65. The summed E-state index contributed by atoms with van der Waals surface area (Å²) in [6.07, 6.45) is -4.25. The number of amidine groups is 1. The van der Waals surface area contributed by atoms with Crippen molar-refractivity contribution in [3.8, 4) is 0 Å². The Morgan fingerprint density at radius 1 is 1.20 bits per heavy atom. The van der Waals surface area contributed by atoms with E-state index in [0.29, 0.717) is 10.0 Å². The second-order valence-electron chi connectivity index (χ2n) is 12.6. The zero-order valence-corrected chi connectivity index (χ0v) is 27.7. The number of nitrogens with zero attached hydrogens (tertiary/aromatic N) is 5. The van der Waals surface area contributed by atoms with Crippen molar-refractivity contribution in [3.63, 3.8) is 0 Å². The Balaban J connectivity index is 1.58. The van der Waals surface area contributed by atoms with Crippen LogP contribution in [0.2, 0.25) is 0 Å². The van der Waals surface area contributed by atoms with Crippen molar-refractivity contribution >= 4 is 35.0 Å². The number of amides is 1. The number of carboxylic acids is 1. The van der Waals surface area contributed by atoms with Gasteiger partial charge in [-0.2, -0.15) is 13.2 Å². The Kier molecular flexibility index (Phi) is 9.88. The highest BCUT2D eigenvalue weighted by Gasteiger charge is 2.64. The molecule has 5 rings (SSSR count). The van der Waals surface area contributed by atoms with E-state index in [0.717, 1.165) is 0 Å². The van der Waals surface area contributed by atoms with E-state index < -0.39 is 85.5 Å². The highest BCUT2D eigenvalue weighted by molar-refractivity contribution is 7.11. The maximum atomic E-state index is 16.0. The Bertz CT molecular complexity index is 1680. The average Bonchev–Trinajstić information content (AvgIpc) is 3.74. The molecule has 1 aromatic carbocycles. The number of aliphatic carboxylic acids is 1. The molecule has 0 spiro atoms. The minimum atomic E-state index is -5.40. The molecule has 266 valence electrons.